The van der Waals surface area contributed by atoms with Gasteiger partial charge >= 0.3 is 6.18 Å². The summed E-state index contributed by atoms with van der Waals surface area (Å²) in [7, 11) is 0. The maximum absolute atomic E-state index is 13.4. The molecule has 0 saturated heterocycles. The zero-order chi connectivity index (χ0) is 13.1. The predicted molar refractivity (Wildman–Crippen MR) is 53.5 cm³/mol. The number of phenolic OH excluding ortho intramolecular Hbond substituents is 1. The molecule has 0 saturated carbocycles. The van der Waals surface area contributed by atoms with Gasteiger partial charge in [0.15, 0.2) is 11.6 Å². The van der Waals surface area contributed by atoms with Crippen molar-refractivity contribution in [2.75, 3.05) is 6.61 Å². The van der Waals surface area contributed by atoms with Crippen molar-refractivity contribution >= 4 is 0 Å². The predicted octanol–water partition coefficient (Wildman–Crippen LogP) is 3.73. The number of hydrogen-bond acceptors (Lipinski definition) is 2. The van der Waals surface area contributed by atoms with Crippen molar-refractivity contribution in [1.82, 2.24) is 0 Å². The molecule has 0 aliphatic rings. The molecule has 96 valence electrons. The molecule has 2 nitrogen and oxygen atoms in total. The summed E-state index contributed by atoms with van der Waals surface area (Å²) in [4.78, 5) is 0. The Bertz CT molecular complexity index is 388. The average molecular weight is 252 g/mol. The highest BCUT2D eigenvalue weighted by molar-refractivity contribution is 5.40. The Morgan fingerprint density at radius 2 is 1.94 bits per heavy atom. The maximum atomic E-state index is 13.4. The fraction of sp³-hybridized carbons (Fsp3) is 0.455. The minimum Gasteiger partial charge on any atom is -0.508 e. The zero-order valence-corrected chi connectivity index (χ0v) is 9.14. The van der Waals surface area contributed by atoms with Crippen LogP contribution in [0.15, 0.2) is 12.1 Å². The quantitative estimate of drug-likeness (QED) is 0.653. The van der Waals surface area contributed by atoms with Gasteiger partial charge in [0.1, 0.15) is 5.75 Å². The highest BCUT2D eigenvalue weighted by Gasteiger charge is 2.36. The van der Waals surface area contributed by atoms with E-state index in [-0.39, 0.29) is 6.61 Å². The van der Waals surface area contributed by atoms with Gasteiger partial charge < -0.3 is 9.84 Å². The van der Waals surface area contributed by atoms with E-state index >= 15 is 0 Å². The number of halogens is 4. The number of unbranched alkanes of at least 4 members (excludes halogenated alkanes) is 1. The molecule has 0 radical (unpaired) electrons. The van der Waals surface area contributed by atoms with Crippen LogP contribution in [0, 0.1) is 5.82 Å². The van der Waals surface area contributed by atoms with Crippen LogP contribution in [0.4, 0.5) is 17.6 Å². The van der Waals surface area contributed by atoms with Gasteiger partial charge in [-0.15, -0.1) is 0 Å². The molecule has 0 aliphatic heterocycles. The summed E-state index contributed by atoms with van der Waals surface area (Å²) in [6.07, 6.45) is -3.49. The van der Waals surface area contributed by atoms with Crippen molar-refractivity contribution in [3.05, 3.63) is 23.5 Å². The van der Waals surface area contributed by atoms with E-state index in [4.69, 9.17) is 9.84 Å². The smallest absolute Gasteiger partial charge is 0.419 e. The first-order valence-electron chi connectivity index (χ1n) is 5.08. The first kappa shape index (κ1) is 13.6. The number of phenols is 1. The molecule has 0 fully saturated rings. The minimum atomic E-state index is -4.86. The third-order valence-corrected chi connectivity index (χ3v) is 2.08. The van der Waals surface area contributed by atoms with Gasteiger partial charge in [-0.3, -0.25) is 0 Å². The van der Waals surface area contributed by atoms with E-state index in [1.807, 2.05) is 6.92 Å². The Kier molecular flexibility index (Phi) is 4.20. The lowest BCUT2D eigenvalue weighted by Crippen LogP contribution is -2.10. The molecule has 1 N–H and O–H groups in total. The summed E-state index contributed by atoms with van der Waals surface area (Å²) in [6.45, 7) is 1.97. The number of rotatable bonds is 4. The minimum absolute atomic E-state index is 0.105. The van der Waals surface area contributed by atoms with Crippen LogP contribution in [-0.4, -0.2) is 11.7 Å². The molecular formula is C11H12F4O2. The monoisotopic (exact) mass is 252 g/mol. The first-order valence-corrected chi connectivity index (χ1v) is 5.08. The molecule has 6 heteroatoms. The van der Waals surface area contributed by atoms with Crippen molar-refractivity contribution in [3.8, 4) is 11.5 Å². The lowest BCUT2D eigenvalue weighted by Gasteiger charge is -2.12. The van der Waals surface area contributed by atoms with Crippen molar-refractivity contribution in [2.45, 2.75) is 25.9 Å². The molecule has 0 heterocycles. The number of benzene rings is 1. The van der Waals surface area contributed by atoms with Crippen LogP contribution in [0.3, 0.4) is 0 Å². The van der Waals surface area contributed by atoms with E-state index in [1.54, 1.807) is 0 Å². The third kappa shape index (κ3) is 3.51. The molecule has 0 bridgehead atoms. The number of alkyl halides is 3. The second-order valence-electron chi connectivity index (χ2n) is 3.51. The second-order valence-corrected chi connectivity index (χ2v) is 3.51. The topological polar surface area (TPSA) is 29.5 Å². The fourth-order valence-corrected chi connectivity index (χ4v) is 1.22. The van der Waals surface area contributed by atoms with E-state index in [1.165, 1.54) is 0 Å². The number of hydrogen-bond donors (Lipinski definition) is 1. The highest BCUT2D eigenvalue weighted by atomic mass is 19.4. The van der Waals surface area contributed by atoms with Crippen LogP contribution in [0.2, 0.25) is 0 Å². The first-order chi connectivity index (χ1) is 7.86. The normalized spacial score (nSPS) is 11.6. The number of aromatic hydroxyl groups is 1. The van der Waals surface area contributed by atoms with E-state index < -0.39 is 29.1 Å². The average Bonchev–Trinajstić information content (AvgIpc) is 2.21. The van der Waals surface area contributed by atoms with Crippen molar-refractivity contribution in [1.29, 1.82) is 0 Å². The van der Waals surface area contributed by atoms with Gasteiger partial charge in [-0.1, -0.05) is 13.3 Å². The van der Waals surface area contributed by atoms with Crippen LogP contribution in [0.5, 0.6) is 11.5 Å². The zero-order valence-electron chi connectivity index (χ0n) is 9.14. The SMILES string of the molecule is CCCCOc1cc(O)cc(C(F)(F)F)c1F. The van der Waals surface area contributed by atoms with E-state index in [2.05, 4.69) is 0 Å². The molecule has 1 rings (SSSR count). The van der Waals surface area contributed by atoms with Gasteiger partial charge in [-0.05, 0) is 12.5 Å². The molecule has 0 amide bonds. The molecule has 0 unspecified atom stereocenters. The van der Waals surface area contributed by atoms with Crippen molar-refractivity contribution in [2.24, 2.45) is 0 Å². The van der Waals surface area contributed by atoms with Crippen molar-refractivity contribution < 1.29 is 27.4 Å². The summed E-state index contributed by atoms with van der Waals surface area (Å²) in [6, 6.07) is 1.17. The van der Waals surface area contributed by atoms with E-state index in [9.17, 15) is 17.6 Å². The lowest BCUT2D eigenvalue weighted by molar-refractivity contribution is -0.140. The molecule has 0 spiro atoms. The van der Waals surface area contributed by atoms with Crippen molar-refractivity contribution in [3.63, 3.8) is 0 Å². The second kappa shape index (κ2) is 5.25. The molecule has 0 aliphatic carbocycles. The highest BCUT2D eigenvalue weighted by Crippen LogP contribution is 2.37. The molecule has 0 atom stereocenters. The van der Waals surface area contributed by atoms with Gasteiger partial charge in [0.05, 0.1) is 12.2 Å². The van der Waals surface area contributed by atoms with Crippen LogP contribution < -0.4 is 4.74 Å². The largest absolute Gasteiger partial charge is 0.508 e. The van der Waals surface area contributed by atoms with Crippen LogP contribution >= 0.6 is 0 Å². The molecule has 0 aromatic heterocycles. The van der Waals surface area contributed by atoms with Gasteiger partial charge in [-0.25, -0.2) is 4.39 Å². The maximum Gasteiger partial charge on any atom is 0.419 e. The third-order valence-electron chi connectivity index (χ3n) is 2.08. The summed E-state index contributed by atoms with van der Waals surface area (Å²) in [5, 5.41) is 9.09. The Morgan fingerprint density at radius 1 is 1.29 bits per heavy atom. The molecule has 1 aromatic rings. The molecule has 1 aromatic carbocycles. The van der Waals surface area contributed by atoms with Gasteiger partial charge in [0.25, 0.3) is 0 Å². The van der Waals surface area contributed by atoms with Crippen LogP contribution in [-0.2, 0) is 6.18 Å². The van der Waals surface area contributed by atoms with Gasteiger partial charge in [0, 0.05) is 6.07 Å². The fourth-order valence-electron chi connectivity index (χ4n) is 1.22. The Morgan fingerprint density at radius 3 is 2.47 bits per heavy atom. The van der Waals surface area contributed by atoms with Crippen LogP contribution in [0.1, 0.15) is 25.3 Å². The van der Waals surface area contributed by atoms with E-state index in [0.717, 1.165) is 12.5 Å². The summed E-state index contributed by atoms with van der Waals surface area (Å²) < 4.78 is 55.4. The standard InChI is InChI=1S/C11H12F4O2/c1-2-3-4-17-9-6-7(16)5-8(10(9)12)11(13,14)15/h5-6,16H,2-4H2,1H3. The van der Waals surface area contributed by atoms with Gasteiger partial charge in [0.2, 0.25) is 0 Å². The van der Waals surface area contributed by atoms with Gasteiger partial charge in [-0.2, -0.15) is 13.2 Å². The summed E-state index contributed by atoms with van der Waals surface area (Å²) in [5.41, 5.74) is -1.52. The summed E-state index contributed by atoms with van der Waals surface area (Å²) >= 11 is 0. The molecular weight excluding hydrogens is 240 g/mol. The number of ether oxygens (including phenoxy) is 1. The van der Waals surface area contributed by atoms with Crippen LogP contribution in [0.25, 0.3) is 0 Å². The lowest BCUT2D eigenvalue weighted by atomic mass is 10.2. The summed E-state index contributed by atoms with van der Waals surface area (Å²) in [5.74, 6) is -2.75. The molecule has 17 heavy (non-hydrogen) atoms. The Balaban J connectivity index is 3.02. The Labute approximate surface area is 95.8 Å². The van der Waals surface area contributed by atoms with E-state index in [0.29, 0.717) is 12.5 Å². The Hall–Kier alpha value is -1.46.